The van der Waals surface area contributed by atoms with Crippen LogP contribution in [0.4, 0.5) is 0 Å². The zero-order valence-electron chi connectivity index (χ0n) is 23.7. The van der Waals surface area contributed by atoms with Gasteiger partial charge in [0.1, 0.15) is 11.4 Å². The molecule has 0 aliphatic heterocycles. The summed E-state index contributed by atoms with van der Waals surface area (Å²) in [6.07, 6.45) is 8.79. The molecule has 4 fully saturated rings. The van der Waals surface area contributed by atoms with Crippen LogP contribution in [0.25, 0.3) is 10.8 Å². The van der Waals surface area contributed by atoms with Crippen molar-refractivity contribution in [3.63, 3.8) is 0 Å². The highest BCUT2D eigenvalue weighted by Gasteiger charge is 2.68. The van der Waals surface area contributed by atoms with Crippen LogP contribution in [0.2, 0.25) is 0 Å². The number of phenols is 1. The first kappa shape index (κ1) is 25.3. The Morgan fingerprint density at radius 3 is 2.32 bits per heavy atom. The van der Waals surface area contributed by atoms with Gasteiger partial charge in [-0.05, 0) is 123 Å². The van der Waals surface area contributed by atoms with Crippen molar-refractivity contribution in [2.75, 3.05) is 0 Å². The number of carbonyl (C=O) groups excluding carboxylic acids is 1. The number of hydrogen-bond donors (Lipinski definition) is 1. The van der Waals surface area contributed by atoms with E-state index >= 15 is 0 Å². The van der Waals surface area contributed by atoms with E-state index < -0.39 is 0 Å². The number of aromatic hydroxyl groups is 1. The Bertz CT molecular complexity index is 1200. The molecule has 5 aliphatic carbocycles. The van der Waals surface area contributed by atoms with Gasteiger partial charge in [-0.1, -0.05) is 52.0 Å². The Hall–Kier alpha value is -2.03. The van der Waals surface area contributed by atoms with Gasteiger partial charge in [-0.25, -0.2) is 0 Å². The van der Waals surface area contributed by atoms with E-state index in [0.717, 1.165) is 54.2 Å². The molecule has 0 saturated heterocycles. The molecule has 0 radical (unpaired) electrons. The average Bonchev–Trinajstić information content (AvgIpc) is 3.70. The van der Waals surface area contributed by atoms with Crippen LogP contribution in [0, 0.1) is 40.9 Å². The summed E-state index contributed by atoms with van der Waals surface area (Å²) in [7, 11) is 0. The number of phenolic OH excluding ortho intramolecular Hbond substituents is 1. The van der Waals surface area contributed by atoms with Crippen LogP contribution in [0.15, 0.2) is 30.3 Å². The van der Waals surface area contributed by atoms with Crippen LogP contribution in [0.1, 0.15) is 109 Å². The van der Waals surface area contributed by atoms with Crippen molar-refractivity contribution in [3.05, 3.63) is 41.5 Å². The van der Waals surface area contributed by atoms with Crippen molar-refractivity contribution >= 4 is 16.7 Å². The molecular formula is C34H46O3. The predicted octanol–water partition coefficient (Wildman–Crippen LogP) is 8.58. The zero-order valence-corrected chi connectivity index (χ0v) is 23.7. The Balaban J connectivity index is 0.000000146. The van der Waals surface area contributed by atoms with Gasteiger partial charge in [-0.3, -0.25) is 4.79 Å². The maximum absolute atomic E-state index is 12.7. The summed E-state index contributed by atoms with van der Waals surface area (Å²) in [5, 5.41) is 12.1. The number of benzene rings is 2. The molecule has 4 bridgehead atoms. The summed E-state index contributed by atoms with van der Waals surface area (Å²) >= 11 is 0. The van der Waals surface area contributed by atoms with E-state index in [9.17, 15) is 9.90 Å². The first-order chi connectivity index (χ1) is 17.6. The number of carbonyl (C=O) groups is 1. The van der Waals surface area contributed by atoms with Crippen molar-refractivity contribution in [1.29, 1.82) is 0 Å². The van der Waals surface area contributed by atoms with Gasteiger partial charge in [0.25, 0.3) is 0 Å². The molecule has 1 N–H and O–H groups in total. The number of hydrogen-bond acceptors (Lipinski definition) is 3. The lowest BCUT2D eigenvalue weighted by Crippen LogP contribution is -2.49. The van der Waals surface area contributed by atoms with E-state index in [-0.39, 0.29) is 17.0 Å². The Morgan fingerprint density at radius 1 is 0.973 bits per heavy atom. The van der Waals surface area contributed by atoms with E-state index in [4.69, 9.17) is 4.74 Å². The lowest BCUT2D eigenvalue weighted by Gasteiger charge is -2.46. The van der Waals surface area contributed by atoms with Crippen molar-refractivity contribution in [2.24, 2.45) is 40.9 Å². The van der Waals surface area contributed by atoms with Crippen LogP contribution in [-0.2, 0) is 9.53 Å². The van der Waals surface area contributed by atoms with Gasteiger partial charge in [0.05, 0.1) is 5.41 Å². The maximum atomic E-state index is 12.7. The Labute approximate surface area is 223 Å². The fourth-order valence-corrected chi connectivity index (χ4v) is 9.51. The van der Waals surface area contributed by atoms with E-state index in [0.29, 0.717) is 23.5 Å². The second kappa shape index (κ2) is 8.75. The van der Waals surface area contributed by atoms with E-state index in [2.05, 4.69) is 39.8 Å². The molecule has 9 unspecified atom stereocenters. The minimum Gasteiger partial charge on any atom is -0.507 e. The minimum absolute atomic E-state index is 0.0455. The molecule has 7 rings (SSSR count). The second-order valence-corrected chi connectivity index (χ2v) is 13.9. The third-order valence-corrected chi connectivity index (χ3v) is 12.0. The lowest BCUT2D eigenvalue weighted by molar-refractivity contribution is -0.183. The van der Waals surface area contributed by atoms with Crippen LogP contribution < -0.4 is 0 Å². The van der Waals surface area contributed by atoms with Crippen molar-refractivity contribution in [1.82, 2.24) is 0 Å². The highest BCUT2D eigenvalue weighted by molar-refractivity contribution is 5.96. The summed E-state index contributed by atoms with van der Waals surface area (Å²) in [6.45, 7) is 12.9. The molecule has 0 aromatic heterocycles. The first-order valence-electron chi connectivity index (χ1n) is 15.1. The summed E-state index contributed by atoms with van der Waals surface area (Å²) in [6, 6.07) is 10.1. The summed E-state index contributed by atoms with van der Waals surface area (Å²) in [5.41, 5.74) is 2.30. The third kappa shape index (κ3) is 3.62. The topological polar surface area (TPSA) is 46.5 Å². The van der Waals surface area contributed by atoms with Crippen LogP contribution in [0.3, 0.4) is 0 Å². The highest BCUT2D eigenvalue weighted by atomic mass is 16.6. The maximum Gasteiger partial charge on any atom is 0.312 e. The largest absolute Gasteiger partial charge is 0.507 e. The number of rotatable bonds is 4. The van der Waals surface area contributed by atoms with Gasteiger partial charge in [-0.15, -0.1) is 0 Å². The molecule has 3 heteroatoms. The summed E-state index contributed by atoms with van der Waals surface area (Å²) in [5.74, 6) is 6.92. The van der Waals surface area contributed by atoms with E-state index in [1.54, 1.807) is 0 Å². The molecular weight excluding hydrogens is 456 g/mol. The highest BCUT2D eigenvalue weighted by Crippen LogP contribution is 2.71. The molecule has 0 spiro atoms. The molecule has 9 atom stereocenters. The summed E-state index contributed by atoms with van der Waals surface area (Å²) < 4.78 is 6.31. The molecule has 0 amide bonds. The van der Waals surface area contributed by atoms with Gasteiger partial charge >= 0.3 is 5.97 Å². The first-order valence-corrected chi connectivity index (χ1v) is 15.1. The van der Waals surface area contributed by atoms with Gasteiger partial charge in [0.2, 0.25) is 0 Å². The standard InChI is InChI=1S/C20H32O2.C14H14O/c1-5-19(3,4)18(21)22-20(6-2)11-14-10-15(20)17-13-8-7-12(9-13)16(14)17;1-8-9(2)11-6-7-13(15)12-5-3-4-10(8)14(11)12/h12-17H,5-11H2,1-4H3;3-9,15H,1-2H3. The fraction of sp³-hybridized carbons (Fsp3) is 0.676. The monoisotopic (exact) mass is 502 g/mol. The Kier molecular flexibility index (Phi) is 5.97. The number of fused-ring (bicyclic) bond motifs is 9. The van der Waals surface area contributed by atoms with E-state index in [1.165, 1.54) is 42.2 Å². The van der Waals surface area contributed by atoms with Gasteiger partial charge in [-0.2, -0.15) is 0 Å². The second-order valence-electron chi connectivity index (χ2n) is 13.9. The molecule has 200 valence electrons. The minimum atomic E-state index is -0.335. The Morgan fingerprint density at radius 2 is 1.65 bits per heavy atom. The smallest absolute Gasteiger partial charge is 0.312 e. The molecule has 2 aromatic rings. The zero-order chi connectivity index (χ0) is 26.3. The quantitative estimate of drug-likeness (QED) is 0.336. The van der Waals surface area contributed by atoms with Crippen LogP contribution in [-0.4, -0.2) is 16.7 Å². The average molecular weight is 503 g/mol. The molecule has 2 aromatic carbocycles. The van der Waals surface area contributed by atoms with Crippen molar-refractivity contribution in [3.8, 4) is 5.75 Å². The van der Waals surface area contributed by atoms with Crippen molar-refractivity contribution < 1.29 is 14.6 Å². The lowest BCUT2D eigenvalue weighted by atomic mass is 9.65. The molecule has 37 heavy (non-hydrogen) atoms. The molecule has 0 heterocycles. The number of ether oxygens (including phenoxy) is 1. The fourth-order valence-electron chi connectivity index (χ4n) is 9.51. The van der Waals surface area contributed by atoms with Crippen molar-refractivity contribution in [2.45, 2.75) is 104 Å². The SMILES string of the molecule is CC1c2cccc3c(O)ccc(c23)C1C.CCC(C)(C)C(=O)OC1(CC)CC2CC1C1C3CCC(C3)C21. The molecule has 5 aliphatic rings. The molecule has 4 saturated carbocycles. The van der Waals surface area contributed by atoms with Gasteiger partial charge in [0.15, 0.2) is 0 Å². The molecule has 3 nitrogen and oxygen atoms in total. The predicted molar refractivity (Wildman–Crippen MR) is 150 cm³/mol. The van der Waals surface area contributed by atoms with Gasteiger partial charge < -0.3 is 9.84 Å². The van der Waals surface area contributed by atoms with Gasteiger partial charge in [0, 0.05) is 11.3 Å². The third-order valence-electron chi connectivity index (χ3n) is 12.0. The normalized spacial score (nSPS) is 38.5. The number of esters is 1. The van der Waals surface area contributed by atoms with Crippen LogP contribution >= 0.6 is 0 Å². The summed E-state index contributed by atoms with van der Waals surface area (Å²) in [4.78, 5) is 12.7. The van der Waals surface area contributed by atoms with E-state index in [1.807, 2.05) is 32.0 Å². The van der Waals surface area contributed by atoms with Crippen LogP contribution in [0.5, 0.6) is 5.75 Å².